The first-order chi connectivity index (χ1) is 13.9. The molecule has 7 heteroatoms. The van der Waals surface area contributed by atoms with E-state index < -0.39 is 5.63 Å². The van der Waals surface area contributed by atoms with Gasteiger partial charge in [-0.3, -0.25) is 9.59 Å². The van der Waals surface area contributed by atoms with Crippen LogP contribution in [-0.4, -0.2) is 25.5 Å². The molecule has 0 saturated carbocycles. The molecule has 29 heavy (non-hydrogen) atoms. The lowest BCUT2D eigenvalue weighted by atomic mass is 10.1. The molecule has 3 aromatic rings. The van der Waals surface area contributed by atoms with E-state index in [1.54, 1.807) is 43.4 Å². The van der Waals surface area contributed by atoms with Gasteiger partial charge >= 0.3 is 5.63 Å². The van der Waals surface area contributed by atoms with Crippen LogP contribution in [0.3, 0.4) is 0 Å². The van der Waals surface area contributed by atoms with Gasteiger partial charge in [-0.2, -0.15) is 0 Å². The molecule has 0 unspecified atom stereocenters. The molecule has 0 aliphatic heterocycles. The standard InChI is InChI=1S/C22H22N2O5/c1-4-15-10-22(27)29-20-12-18(8-9-19(15)20)28-13-21(26)23-16-6-5-7-17(11-16)24(3)14(2)25/h5-12H,4,13H2,1-3H3,(H,23,26). The first-order valence-electron chi connectivity index (χ1n) is 9.21. The number of fused-ring (bicyclic) bond motifs is 1. The van der Waals surface area contributed by atoms with Crippen molar-refractivity contribution in [3.8, 4) is 5.75 Å². The average Bonchev–Trinajstić information content (AvgIpc) is 2.70. The number of aryl methyl sites for hydroxylation is 1. The summed E-state index contributed by atoms with van der Waals surface area (Å²) in [6.45, 7) is 3.22. The maximum atomic E-state index is 12.2. The summed E-state index contributed by atoms with van der Waals surface area (Å²) in [5, 5.41) is 3.58. The largest absolute Gasteiger partial charge is 0.484 e. The van der Waals surface area contributed by atoms with Crippen molar-refractivity contribution in [2.75, 3.05) is 23.9 Å². The Hall–Kier alpha value is -3.61. The van der Waals surface area contributed by atoms with E-state index in [4.69, 9.17) is 9.15 Å². The molecular weight excluding hydrogens is 372 g/mol. The number of benzene rings is 2. The zero-order valence-corrected chi connectivity index (χ0v) is 16.5. The summed E-state index contributed by atoms with van der Waals surface area (Å²) in [5.74, 6) is -0.0309. The fourth-order valence-electron chi connectivity index (χ4n) is 2.91. The van der Waals surface area contributed by atoms with Gasteiger partial charge in [-0.25, -0.2) is 4.79 Å². The Balaban J connectivity index is 1.67. The average molecular weight is 394 g/mol. The zero-order chi connectivity index (χ0) is 21.0. The highest BCUT2D eigenvalue weighted by Gasteiger charge is 2.10. The van der Waals surface area contributed by atoms with Crippen molar-refractivity contribution < 1.29 is 18.7 Å². The highest BCUT2D eigenvalue weighted by molar-refractivity contribution is 5.94. The number of carbonyl (C=O) groups excluding carboxylic acids is 2. The highest BCUT2D eigenvalue weighted by atomic mass is 16.5. The van der Waals surface area contributed by atoms with Gasteiger partial charge in [-0.05, 0) is 42.3 Å². The van der Waals surface area contributed by atoms with Crippen molar-refractivity contribution >= 4 is 34.2 Å². The summed E-state index contributed by atoms with van der Waals surface area (Å²) in [6.07, 6.45) is 0.711. The molecule has 2 amide bonds. The van der Waals surface area contributed by atoms with E-state index in [2.05, 4.69) is 5.32 Å². The monoisotopic (exact) mass is 394 g/mol. The van der Waals surface area contributed by atoms with Gasteiger partial charge in [-0.15, -0.1) is 0 Å². The third-order valence-electron chi connectivity index (χ3n) is 4.54. The van der Waals surface area contributed by atoms with Crippen molar-refractivity contribution in [1.29, 1.82) is 0 Å². The molecule has 0 aliphatic rings. The first kappa shape index (κ1) is 20.1. The molecule has 0 radical (unpaired) electrons. The van der Waals surface area contributed by atoms with E-state index in [-0.39, 0.29) is 18.4 Å². The number of amides is 2. The van der Waals surface area contributed by atoms with Gasteiger partial charge in [0, 0.05) is 42.9 Å². The number of hydrogen-bond acceptors (Lipinski definition) is 5. The number of rotatable bonds is 6. The zero-order valence-electron chi connectivity index (χ0n) is 16.5. The minimum Gasteiger partial charge on any atom is -0.484 e. The Labute approximate surface area is 167 Å². The molecule has 1 aromatic heterocycles. The lowest BCUT2D eigenvalue weighted by molar-refractivity contribution is -0.118. The molecule has 150 valence electrons. The van der Waals surface area contributed by atoms with Crippen molar-refractivity contribution in [2.45, 2.75) is 20.3 Å². The van der Waals surface area contributed by atoms with Gasteiger partial charge in [0.15, 0.2) is 6.61 Å². The number of carbonyl (C=O) groups is 2. The predicted molar refractivity (Wildman–Crippen MR) is 112 cm³/mol. The topological polar surface area (TPSA) is 88.8 Å². The van der Waals surface area contributed by atoms with Crippen LogP contribution < -0.4 is 20.6 Å². The molecule has 0 spiro atoms. The number of nitrogens with zero attached hydrogens (tertiary/aromatic N) is 1. The molecule has 0 fully saturated rings. The maximum Gasteiger partial charge on any atom is 0.336 e. The second-order valence-corrected chi connectivity index (χ2v) is 6.57. The van der Waals surface area contributed by atoms with E-state index >= 15 is 0 Å². The van der Waals surface area contributed by atoms with Crippen molar-refractivity contribution in [2.24, 2.45) is 0 Å². The van der Waals surface area contributed by atoms with Crippen LogP contribution in [-0.2, 0) is 16.0 Å². The Kier molecular flexibility index (Phi) is 5.97. The normalized spacial score (nSPS) is 10.6. The van der Waals surface area contributed by atoms with Crippen molar-refractivity contribution in [1.82, 2.24) is 0 Å². The molecule has 7 nitrogen and oxygen atoms in total. The van der Waals surface area contributed by atoms with Gasteiger partial charge < -0.3 is 19.4 Å². The number of hydrogen-bond donors (Lipinski definition) is 1. The van der Waals surface area contributed by atoms with Crippen LogP contribution in [0, 0.1) is 0 Å². The van der Waals surface area contributed by atoms with Crippen molar-refractivity contribution in [3.05, 3.63) is 64.5 Å². The summed E-state index contributed by atoms with van der Waals surface area (Å²) in [5.41, 5.74) is 2.14. The summed E-state index contributed by atoms with van der Waals surface area (Å²) in [7, 11) is 1.66. The minimum atomic E-state index is -0.417. The third-order valence-corrected chi connectivity index (χ3v) is 4.54. The smallest absolute Gasteiger partial charge is 0.336 e. The molecule has 0 aliphatic carbocycles. The summed E-state index contributed by atoms with van der Waals surface area (Å²) in [6, 6.07) is 13.6. The van der Waals surface area contributed by atoms with E-state index in [0.717, 1.165) is 10.9 Å². The minimum absolute atomic E-state index is 0.106. The Bertz CT molecular complexity index is 1120. The quantitative estimate of drug-likeness (QED) is 0.648. The van der Waals surface area contributed by atoms with E-state index in [9.17, 15) is 14.4 Å². The highest BCUT2D eigenvalue weighted by Crippen LogP contribution is 2.23. The Morgan fingerprint density at radius 2 is 1.93 bits per heavy atom. The second kappa shape index (κ2) is 8.60. The maximum absolute atomic E-state index is 12.2. The molecule has 0 bridgehead atoms. The molecule has 2 aromatic carbocycles. The van der Waals surface area contributed by atoms with Crippen LogP contribution in [0.25, 0.3) is 11.0 Å². The van der Waals surface area contributed by atoms with Crippen LogP contribution in [0.15, 0.2) is 57.7 Å². The predicted octanol–water partition coefficient (Wildman–Crippen LogP) is 3.36. The van der Waals surface area contributed by atoms with Gasteiger partial charge in [-0.1, -0.05) is 13.0 Å². The van der Waals surface area contributed by atoms with E-state index in [1.807, 2.05) is 13.0 Å². The molecular formula is C22H22N2O5. The number of nitrogens with one attached hydrogen (secondary N) is 1. The van der Waals surface area contributed by atoms with E-state index in [1.165, 1.54) is 17.9 Å². The van der Waals surface area contributed by atoms with Gasteiger partial charge in [0.1, 0.15) is 11.3 Å². The van der Waals surface area contributed by atoms with Crippen molar-refractivity contribution in [3.63, 3.8) is 0 Å². The van der Waals surface area contributed by atoms with Crippen LogP contribution >= 0.6 is 0 Å². The lowest BCUT2D eigenvalue weighted by Crippen LogP contribution is -2.23. The number of anilines is 2. The summed E-state index contributed by atoms with van der Waals surface area (Å²) < 4.78 is 10.8. The Morgan fingerprint density at radius 1 is 1.14 bits per heavy atom. The van der Waals surface area contributed by atoms with Crippen LogP contribution in [0.4, 0.5) is 11.4 Å². The number of ether oxygens (including phenoxy) is 1. The summed E-state index contributed by atoms with van der Waals surface area (Å²) >= 11 is 0. The molecule has 0 atom stereocenters. The van der Waals surface area contributed by atoms with Crippen LogP contribution in [0.2, 0.25) is 0 Å². The van der Waals surface area contributed by atoms with E-state index in [0.29, 0.717) is 29.1 Å². The SMILES string of the molecule is CCc1cc(=O)oc2cc(OCC(=O)Nc3cccc(N(C)C(C)=O)c3)ccc12. The molecule has 3 rings (SSSR count). The molecule has 1 N–H and O–H groups in total. The van der Waals surface area contributed by atoms with Crippen LogP contribution in [0.1, 0.15) is 19.4 Å². The van der Waals surface area contributed by atoms with Crippen LogP contribution in [0.5, 0.6) is 5.75 Å². The first-order valence-corrected chi connectivity index (χ1v) is 9.21. The Morgan fingerprint density at radius 3 is 2.66 bits per heavy atom. The van der Waals surface area contributed by atoms with Gasteiger partial charge in [0.2, 0.25) is 5.91 Å². The summed E-state index contributed by atoms with van der Waals surface area (Å²) in [4.78, 5) is 36.9. The third kappa shape index (κ3) is 4.82. The molecule has 1 heterocycles. The molecule has 0 saturated heterocycles. The fourth-order valence-corrected chi connectivity index (χ4v) is 2.91. The van der Waals surface area contributed by atoms with Gasteiger partial charge in [0.25, 0.3) is 5.91 Å². The second-order valence-electron chi connectivity index (χ2n) is 6.57. The van der Waals surface area contributed by atoms with Gasteiger partial charge in [0.05, 0.1) is 0 Å². The fraction of sp³-hybridized carbons (Fsp3) is 0.227. The lowest BCUT2D eigenvalue weighted by Gasteiger charge is -2.16.